The van der Waals surface area contributed by atoms with Crippen LogP contribution in [0.2, 0.25) is 0 Å². The van der Waals surface area contributed by atoms with Crippen LogP contribution in [0.25, 0.3) is 16.5 Å². The Labute approximate surface area is 173 Å². The number of nitrogens with one attached hydrogen (secondary N) is 2. The van der Waals surface area contributed by atoms with E-state index in [4.69, 9.17) is 0 Å². The smallest absolute Gasteiger partial charge is 0.251 e. The molecule has 0 fully saturated rings. The first-order valence-electron chi connectivity index (χ1n) is 9.20. The van der Waals surface area contributed by atoms with E-state index in [1.54, 1.807) is 42.5 Å². The molecule has 3 rings (SSSR count). The highest BCUT2D eigenvalue weighted by Crippen LogP contribution is 2.30. The van der Waals surface area contributed by atoms with Crippen LogP contribution in [0.1, 0.15) is 27.7 Å². The minimum atomic E-state index is -0.304. The second-order valence-corrected chi connectivity index (χ2v) is 7.51. The van der Waals surface area contributed by atoms with E-state index in [1.165, 1.54) is 23.5 Å². The molecule has 2 aromatic carbocycles. The molecule has 0 aliphatic rings. The Morgan fingerprint density at radius 2 is 1.90 bits per heavy atom. The van der Waals surface area contributed by atoms with Crippen LogP contribution in [0, 0.1) is 12.7 Å². The number of carbonyl (C=O) groups is 2. The van der Waals surface area contributed by atoms with Crippen molar-refractivity contribution in [3.63, 3.8) is 0 Å². The van der Waals surface area contributed by atoms with E-state index in [1.807, 2.05) is 26.0 Å². The van der Waals surface area contributed by atoms with Crippen molar-refractivity contribution in [2.24, 2.45) is 0 Å². The third-order valence-electron chi connectivity index (χ3n) is 4.26. The van der Waals surface area contributed by atoms with Gasteiger partial charge in [-0.25, -0.2) is 4.39 Å². The Morgan fingerprint density at radius 1 is 1.10 bits per heavy atom. The molecule has 0 unspecified atom stereocenters. The molecule has 0 bridgehead atoms. The largest absolute Gasteiger partial charge is 0.352 e. The molecule has 0 saturated heterocycles. The Morgan fingerprint density at radius 3 is 2.66 bits per heavy atom. The van der Waals surface area contributed by atoms with Crippen molar-refractivity contribution in [3.8, 4) is 10.4 Å². The van der Waals surface area contributed by atoms with E-state index < -0.39 is 0 Å². The van der Waals surface area contributed by atoms with Crippen molar-refractivity contribution in [1.82, 2.24) is 5.32 Å². The second kappa shape index (κ2) is 9.30. The highest BCUT2D eigenvalue weighted by Gasteiger charge is 2.09. The van der Waals surface area contributed by atoms with Gasteiger partial charge in [0.15, 0.2) is 0 Å². The number of aryl methyl sites for hydroxylation is 1. The number of anilines is 1. The van der Waals surface area contributed by atoms with Gasteiger partial charge in [0.05, 0.1) is 0 Å². The fourth-order valence-corrected chi connectivity index (χ4v) is 3.68. The second-order valence-electron chi connectivity index (χ2n) is 6.39. The molecule has 0 saturated carbocycles. The molecule has 4 nitrogen and oxygen atoms in total. The Hall–Kier alpha value is -3.25. The zero-order chi connectivity index (χ0) is 20.8. The molecule has 2 N–H and O–H groups in total. The van der Waals surface area contributed by atoms with Gasteiger partial charge in [-0.2, -0.15) is 0 Å². The molecule has 3 aromatic rings. The molecule has 0 spiro atoms. The van der Waals surface area contributed by atoms with Crippen LogP contribution in [0.5, 0.6) is 0 Å². The van der Waals surface area contributed by atoms with Crippen molar-refractivity contribution in [2.75, 3.05) is 11.9 Å². The summed E-state index contributed by atoms with van der Waals surface area (Å²) in [4.78, 5) is 25.9. The molecular weight excluding hydrogens is 387 g/mol. The van der Waals surface area contributed by atoms with E-state index in [0.29, 0.717) is 23.4 Å². The quantitative estimate of drug-likeness (QED) is 0.546. The predicted molar refractivity (Wildman–Crippen MR) is 117 cm³/mol. The molecule has 0 aliphatic heterocycles. The number of rotatable bonds is 6. The van der Waals surface area contributed by atoms with Crippen LogP contribution in [0.15, 0.2) is 60.7 Å². The summed E-state index contributed by atoms with van der Waals surface area (Å²) in [5.74, 6) is -0.759. The first-order valence-corrected chi connectivity index (χ1v) is 10.0. The summed E-state index contributed by atoms with van der Waals surface area (Å²) in [6, 6.07) is 15.5. The summed E-state index contributed by atoms with van der Waals surface area (Å²) in [7, 11) is 0. The summed E-state index contributed by atoms with van der Waals surface area (Å²) < 4.78 is 13.9. The van der Waals surface area contributed by atoms with E-state index in [9.17, 15) is 14.0 Å². The molecule has 0 aliphatic carbocycles. The standard InChI is InChI=1S/C23H21FN2O2S/c1-3-25-23(28)16-9-8-15(2)20(14-16)26-22(27)13-11-17-10-12-21(29-17)18-6-4-5-7-19(18)24/h4-14H,3H2,1-2H3,(H,25,28)(H,26,27)/b13-11+. The first-order chi connectivity index (χ1) is 14.0. The lowest BCUT2D eigenvalue weighted by Crippen LogP contribution is -2.23. The van der Waals surface area contributed by atoms with Crippen LogP contribution in [-0.4, -0.2) is 18.4 Å². The van der Waals surface area contributed by atoms with Crippen LogP contribution in [-0.2, 0) is 4.79 Å². The van der Waals surface area contributed by atoms with Crippen molar-refractivity contribution in [2.45, 2.75) is 13.8 Å². The minimum Gasteiger partial charge on any atom is -0.352 e. The maximum absolute atomic E-state index is 13.9. The molecular formula is C23H21FN2O2S. The fourth-order valence-electron chi connectivity index (χ4n) is 2.74. The zero-order valence-corrected chi connectivity index (χ0v) is 17.0. The summed E-state index contributed by atoms with van der Waals surface area (Å²) >= 11 is 1.40. The van der Waals surface area contributed by atoms with Crippen LogP contribution >= 0.6 is 11.3 Å². The Bertz CT molecular complexity index is 1070. The predicted octanol–water partition coefficient (Wildman–Crippen LogP) is 5.26. The highest BCUT2D eigenvalue weighted by atomic mass is 32.1. The molecule has 1 heterocycles. The average molecular weight is 408 g/mol. The van der Waals surface area contributed by atoms with Crippen molar-refractivity contribution < 1.29 is 14.0 Å². The zero-order valence-electron chi connectivity index (χ0n) is 16.2. The fraction of sp³-hybridized carbons (Fsp3) is 0.130. The lowest BCUT2D eigenvalue weighted by atomic mass is 10.1. The molecule has 2 amide bonds. The maximum Gasteiger partial charge on any atom is 0.251 e. The van der Waals surface area contributed by atoms with Gasteiger partial charge in [0, 0.05) is 39.2 Å². The number of hydrogen-bond donors (Lipinski definition) is 2. The Balaban J connectivity index is 1.70. The van der Waals surface area contributed by atoms with Gasteiger partial charge in [0.1, 0.15) is 5.82 Å². The summed E-state index contributed by atoms with van der Waals surface area (Å²) in [6.45, 7) is 4.25. The maximum atomic E-state index is 13.9. The van der Waals surface area contributed by atoms with Crippen LogP contribution in [0.4, 0.5) is 10.1 Å². The molecule has 148 valence electrons. The van der Waals surface area contributed by atoms with Gasteiger partial charge in [0.2, 0.25) is 5.91 Å². The van der Waals surface area contributed by atoms with Crippen LogP contribution in [0.3, 0.4) is 0 Å². The minimum absolute atomic E-state index is 0.183. The number of benzene rings is 2. The van der Waals surface area contributed by atoms with Crippen LogP contribution < -0.4 is 10.6 Å². The lowest BCUT2D eigenvalue weighted by Gasteiger charge is -2.09. The molecule has 6 heteroatoms. The monoisotopic (exact) mass is 408 g/mol. The summed E-state index contributed by atoms with van der Waals surface area (Å²) in [5.41, 5.74) is 2.48. The third-order valence-corrected chi connectivity index (χ3v) is 5.34. The normalized spacial score (nSPS) is 10.9. The van der Waals surface area contributed by atoms with Gasteiger partial charge >= 0.3 is 0 Å². The highest BCUT2D eigenvalue weighted by molar-refractivity contribution is 7.16. The van der Waals surface area contributed by atoms with E-state index in [-0.39, 0.29) is 17.6 Å². The van der Waals surface area contributed by atoms with Crippen molar-refractivity contribution in [1.29, 1.82) is 0 Å². The Kier molecular flexibility index (Phi) is 6.57. The van der Waals surface area contributed by atoms with Gasteiger partial charge < -0.3 is 10.6 Å². The number of carbonyl (C=O) groups excluding carboxylic acids is 2. The summed E-state index contributed by atoms with van der Waals surface area (Å²) in [5, 5.41) is 5.54. The number of thiophene rings is 1. The molecule has 1 aromatic heterocycles. The van der Waals surface area contributed by atoms with E-state index >= 15 is 0 Å². The molecule has 0 atom stereocenters. The topological polar surface area (TPSA) is 58.2 Å². The van der Waals surface area contributed by atoms with Crippen molar-refractivity contribution in [3.05, 3.63) is 82.5 Å². The van der Waals surface area contributed by atoms with Gasteiger partial charge in [-0.3, -0.25) is 9.59 Å². The van der Waals surface area contributed by atoms with Gasteiger partial charge in [-0.15, -0.1) is 11.3 Å². The SMILES string of the molecule is CCNC(=O)c1ccc(C)c(NC(=O)/C=C/c2ccc(-c3ccccc3F)s2)c1. The van der Waals surface area contributed by atoms with E-state index in [0.717, 1.165) is 15.3 Å². The van der Waals surface area contributed by atoms with E-state index in [2.05, 4.69) is 10.6 Å². The summed E-state index contributed by atoms with van der Waals surface area (Å²) in [6.07, 6.45) is 3.11. The molecule has 0 radical (unpaired) electrons. The third kappa shape index (κ3) is 5.18. The molecule has 29 heavy (non-hydrogen) atoms. The van der Waals surface area contributed by atoms with Gasteiger partial charge in [0.25, 0.3) is 5.91 Å². The van der Waals surface area contributed by atoms with Crippen molar-refractivity contribution >= 4 is 34.9 Å². The number of hydrogen-bond acceptors (Lipinski definition) is 3. The van der Waals surface area contributed by atoms with Gasteiger partial charge in [-0.05, 0) is 55.8 Å². The van der Waals surface area contributed by atoms with Gasteiger partial charge in [-0.1, -0.05) is 24.3 Å². The lowest BCUT2D eigenvalue weighted by molar-refractivity contribution is -0.111. The number of halogens is 1. The average Bonchev–Trinajstić information content (AvgIpc) is 3.17. The number of amides is 2. The first kappa shape index (κ1) is 20.5.